The number of nitro groups is 1. The third-order valence-corrected chi connectivity index (χ3v) is 2.55. The zero-order valence-electron chi connectivity index (χ0n) is 8.47. The van der Waals surface area contributed by atoms with E-state index in [4.69, 9.17) is 0 Å². The van der Waals surface area contributed by atoms with Crippen LogP contribution in [0.2, 0.25) is 0 Å². The summed E-state index contributed by atoms with van der Waals surface area (Å²) in [5.74, 6) is -0.158. The van der Waals surface area contributed by atoms with Crippen LogP contribution in [-0.2, 0) is 11.3 Å². The Balaban J connectivity index is 3.22. The van der Waals surface area contributed by atoms with Crippen molar-refractivity contribution in [2.24, 2.45) is 0 Å². The Morgan fingerprint density at radius 3 is 2.75 bits per heavy atom. The lowest BCUT2D eigenvalue weighted by atomic mass is 10.3. The standard InChI is InChI=1S/C9H9BrN2O4/c1-2-7(13)5-11-4-6(12(15)16)3-8(10)9(11)14/h3-4H,2,5H2,1H3. The number of hydrogen-bond donors (Lipinski definition) is 0. The number of hydrogen-bond acceptors (Lipinski definition) is 4. The van der Waals surface area contributed by atoms with Crippen molar-refractivity contribution in [1.82, 2.24) is 4.57 Å². The molecular formula is C9H9BrN2O4. The van der Waals surface area contributed by atoms with E-state index >= 15 is 0 Å². The first-order valence-corrected chi connectivity index (χ1v) is 5.31. The Bertz CT molecular complexity index is 495. The number of halogens is 1. The topological polar surface area (TPSA) is 82.2 Å². The maximum absolute atomic E-state index is 11.5. The minimum absolute atomic E-state index is 0.0746. The zero-order chi connectivity index (χ0) is 12.3. The molecule has 0 aromatic carbocycles. The number of rotatable bonds is 4. The fourth-order valence-electron chi connectivity index (χ4n) is 1.10. The van der Waals surface area contributed by atoms with Crippen LogP contribution in [0.25, 0.3) is 0 Å². The highest BCUT2D eigenvalue weighted by atomic mass is 79.9. The van der Waals surface area contributed by atoms with Crippen molar-refractivity contribution < 1.29 is 9.72 Å². The SMILES string of the molecule is CCC(=O)Cn1cc([N+](=O)[O-])cc(Br)c1=O. The van der Waals surface area contributed by atoms with Gasteiger partial charge in [0.15, 0.2) is 5.78 Å². The Hall–Kier alpha value is -1.50. The second kappa shape index (κ2) is 5.02. The van der Waals surface area contributed by atoms with Crippen molar-refractivity contribution in [3.8, 4) is 0 Å². The van der Waals surface area contributed by atoms with E-state index in [1.807, 2.05) is 0 Å². The van der Waals surface area contributed by atoms with Crippen LogP contribution >= 0.6 is 15.9 Å². The molecule has 0 aliphatic carbocycles. The van der Waals surface area contributed by atoms with Crippen molar-refractivity contribution in [3.05, 3.63) is 37.2 Å². The van der Waals surface area contributed by atoms with Gasteiger partial charge in [0.25, 0.3) is 11.2 Å². The molecule has 1 rings (SSSR count). The number of ketones is 1. The summed E-state index contributed by atoms with van der Waals surface area (Å²) in [5, 5.41) is 10.6. The lowest BCUT2D eigenvalue weighted by Gasteiger charge is -2.04. The summed E-state index contributed by atoms with van der Waals surface area (Å²) >= 11 is 2.93. The third-order valence-electron chi connectivity index (χ3n) is 1.98. The van der Waals surface area contributed by atoms with Crippen LogP contribution in [0.5, 0.6) is 0 Å². The van der Waals surface area contributed by atoms with Gasteiger partial charge in [0, 0.05) is 12.5 Å². The van der Waals surface area contributed by atoms with Gasteiger partial charge in [0.2, 0.25) is 0 Å². The molecule has 0 fully saturated rings. The Morgan fingerprint density at radius 1 is 1.62 bits per heavy atom. The molecule has 1 aromatic heterocycles. The molecule has 86 valence electrons. The van der Waals surface area contributed by atoms with E-state index in [0.717, 1.165) is 16.8 Å². The first-order valence-electron chi connectivity index (χ1n) is 4.51. The van der Waals surface area contributed by atoms with E-state index in [2.05, 4.69) is 15.9 Å². The summed E-state index contributed by atoms with van der Waals surface area (Å²) in [4.78, 5) is 32.7. The van der Waals surface area contributed by atoms with Crippen LogP contribution in [-0.4, -0.2) is 15.3 Å². The molecule has 6 nitrogen and oxygen atoms in total. The van der Waals surface area contributed by atoms with Gasteiger partial charge in [-0.25, -0.2) is 0 Å². The molecular weight excluding hydrogens is 280 g/mol. The molecule has 0 spiro atoms. The fourth-order valence-corrected chi connectivity index (χ4v) is 1.57. The highest BCUT2D eigenvalue weighted by Gasteiger charge is 2.13. The van der Waals surface area contributed by atoms with Crippen LogP contribution < -0.4 is 5.56 Å². The summed E-state index contributed by atoms with van der Waals surface area (Å²) < 4.78 is 1.11. The van der Waals surface area contributed by atoms with Crippen LogP contribution in [0, 0.1) is 10.1 Å². The number of nitrogens with zero attached hydrogens (tertiary/aromatic N) is 2. The predicted molar refractivity (Wildman–Crippen MR) is 60.4 cm³/mol. The van der Waals surface area contributed by atoms with Gasteiger partial charge in [-0.2, -0.15) is 0 Å². The third kappa shape index (κ3) is 2.75. The van der Waals surface area contributed by atoms with Crippen molar-refractivity contribution in [2.75, 3.05) is 0 Å². The smallest absolute Gasteiger partial charge is 0.286 e. The average molecular weight is 289 g/mol. The van der Waals surface area contributed by atoms with E-state index in [0.29, 0.717) is 0 Å². The molecule has 0 aliphatic heterocycles. The number of carbonyl (C=O) groups excluding carboxylic acids is 1. The fraction of sp³-hybridized carbons (Fsp3) is 0.333. The molecule has 0 aliphatic rings. The van der Waals surface area contributed by atoms with Crippen molar-refractivity contribution in [2.45, 2.75) is 19.9 Å². The van der Waals surface area contributed by atoms with Gasteiger partial charge in [0.1, 0.15) is 0 Å². The Morgan fingerprint density at radius 2 is 2.25 bits per heavy atom. The van der Waals surface area contributed by atoms with E-state index in [1.54, 1.807) is 6.92 Å². The van der Waals surface area contributed by atoms with E-state index in [-0.39, 0.29) is 28.9 Å². The summed E-state index contributed by atoms with van der Waals surface area (Å²) in [6.45, 7) is 1.52. The molecule has 1 heterocycles. The lowest BCUT2D eigenvalue weighted by Crippen LogP contribution is -2.24. The highest BCUT2D eigenvalue weighted by molar-refractivity contribution is 9.10. The summed E-state index contributed by atoms with van der Waals surface area (Å²) in [6, 6.07) is 1.12. The van der Waals surface area contributed by atoms with Crippen LogP contribution in [0.1, 0.15) is 13.3 Å². The molecule has 16 heavy (non-hydrogen) atoms. The molecule has 0 N–H and O–H groups in total. The zero-order valence-corrected chi connectivity index (χ0v) is 10.1. The van der Waals surface area contributed by atoms with Crippen LogP contribution in [0.4, 0.5) is 5.69 Å². The summed E-state index contributed by atoms with van der Waals surface area (Å²) in [7, 11) is 0. The molecule has 0 bridgehead atoms. The Labute approximate surface area is 99.2 Å². The summed E-state index contributed by atoms with van der Waals surface area (Å²) in [6.07, 6.45) is 1.35. The van der Waals surface area contributed by atoms with Crippen molar-refractivity contribution >= 4 is 27.4 Å². The highest BCUT2D eigenvalue weighted by Crippen LogP contribution is 2.14. The molecule has 0 saturated heterocycles. The van der Waals surface area contributed by atoms with E-state index < -0.39 is 10.5 Å². The van der Waals surface area contributed by atoms with Crippen molar-refractivity contribution in [1.29, 1.82) is 0 Å². The van der Waals surface area contributed by atoms with Gasteiger partial charge in [0.05, 0.1) is 22.1 Å². The molecule has 1 aromatic rings. The van der Waals surface area contributed by atoms with Crippen LogP contribution in [0.15, 0.2) is 21.5 Å². The first-order chi connectivity index (χ1) is 7.45. The molecule has 0 atom stereocenters. The molecule has 7 heteroatoms. The van der Waals surface area contributed by atoms with Gasteiger partial charge in [-0.1, -0.05) is 6.92 Å². The van der Waals surface area contributed by atoms with Gasteiger partial charge in [-0.15, -0.1) is 0 Å². The van der Waals surface area contributed by atoms with Gasteiger partial charge in [-0.05, 0) is 15.9 Å². The van der Waals surface area contributed by atoms with Gasteiger partial charge < -0.3 is 4.57 Å². The summed E-state index contributed by atoms with van der Waals surface area (Å²) in [5.41, 5.74) is -0.678. The minimum Gasteiger partial charge on any atom is -0.300 e. The maximum Gasteiger partial charge on any atom is 0.286 e. The molecule has 0 saturated carbocycles. The average Bonchev–Trinajstić information content (AvgIpc) is 2.23. The molecule has 0 unspecified atom stereocenters. The number of aromatic nitrogens is 1. The minimum atomic E-state index is -0.614. The Kier molecular flexibility index (Phi) is 3.94. The predicted octanol–water partition coefficient (Wildman–Crippen LogP) is 1.50. The second-order valence-corrected chi connectivity index (χ2v) is 3.98. The van der Waals surface area contributed by atoms with E-state index in [9.17, 15) is 19.7 Å². The van der Waals surface area contributed by atoms with E-state index in [1.165, 1.54) is 0 Å². The van der Waals surface area contributed by atoms with Crippen molar-refractivity contribution in [3.63, 3.8) is 0 Å². The quantitative estimate of drug-likeness (QED) is 0.621. The molecule has 0 amide bonds. The first kappa shape index (κ1) is 12.6. The molecule has 0 radical (unpaired) electrons. The number of carbonyl (C=O) groups is 1. The maximum atomic E-state index is 11.5. The number of pyridine rings is 1. The number of Topliss-reactive ketones (excluding diaryl/α,β-unsaturated/α-hetero) is 1. The largest absolute Gasteiger partial charge is 0.300 e. The second-order valence-electron chi connectivity index (χ2n) is 3.13. The lowest BCUT2D eigenvalue weighted by molar-refractivity contribution is -0.385. The monoisotopic (exact) mass is 288 g/mol. The van der Waals surface area contributed by atoms with Gasteiger partial charge in [-0.3, -0.25) is 19.7 Å². The normalized spacial score (nSPS) is 10.1. The van der Waals surface area contributed by atoms with Gasteiger partial charge >= 0.3 is 0 Å². The van der Waals surface area contributed by atoms with Crippen LogP contribution in [0.3, 0.4) is 0 Å².